The Morgan fingerprint density at radius 2 is 1.92 bits per heavy atom. The molecular formula is C19H26N2O5. The van der Waals surface area contributed by atoms with Gasteiger partial charge in [0.1, 0.15) is 6.04 Å². The minimum atomic E-state index is -1.10. The number of hydrogen-bond acceptors (Lipinski definition) is 4. The Morgan fingerprint density at radius 1 is 1.27 bits per heavy atom. The van der Waals surface area contributed by atoms with E-state index in [0.717, 1.165) is 12.1 Å². The first-order valence-electron chi connectivity index (χ1n) is 8.75. The lowest BCUT2D eigenvalue weighted by atomic mass is 10.1. The Labute approximate surface area is 153 Å². The zero-order chi connectivity index (χ0) is 19.3. The van der Waals surface area contributed by atoms with Crippen molar-refractivity contribution < 1.29 is 24.2 Å². The fourth-order valence-corrected chi connectivity index (χ4v) is 2.70. The van der Waals surface area contributed by atoms with Gasteiger partial charge in [0.15, 0.2) is 0 Å². The Hall–Kier alpha value is -2.41. The lowest BCUT2D eigenvalue weighted by Crippen LogP contribution is -2.42. The van der Waals surface area contributed by atoms with E-state index in [1.807, 2.05) is 20.8 Å². The molecule has 1 aromatic carbocycles. The molecule has 1 aliphatic rings. The standard InChI is InChI=1S/C19H26N2O5/c1-19(2,3)26-12-10-15(18(24)25)20-17(23)13-6-8-14(9-7-13)21-11-4-5-16(21)22/h6-9,15H,4-5,10-12H2,1-3H3,(H,20,23)(H,24,25). The molecule has 26 heavy (non-hydrogen) atoms. The molecular weight excluding hydrogens is 336 g/mol. The average molecular weight is 362 g/mol. The van der Waals surface area contributed by atoms with Crippen LogP contribution in [0.15, 0.2) is 24.3 Å². The molecule has 0 aliphatic carbocycles. The Morgan fingerprint density at radius 3 is 2.42 bits per heavy atom. The molecule has 1 unspecified atom stereocenters. The summed E-state index contributed by atoms with van der Waals surface area (Å²) in [6.45, 7) is 6.56. The van der Waals surface area contributed by atoms with Crippen molar-refractivity contribution in [1.29, 1.82) is 0 Å². The van der Waals surface area contributed by atoms with Gasteiger partial charge in [0.2, 0.25) is 5.91 Å². The van der Waals surface area contributed by atoms with Gasteiger partial charge in [-0.25, -0.2) is 4.79 Å². The minimum absolute atomic E-state index is 0.0759. The molecule has 1 aromatic rings. The highest BCUT2D eigenvalue weighted by Gasteiger charge is 2.23. The van der Waals surface area contributed by atoms with Crippen LogP contribution in [0, 0.1) is 0 Å². The van der Waals surface area contributed by atoms with Crippen molar-refractivity contribution in [3.63, 3.8) is 0 Å². The summed E-state index contributed by atoms with van der Waals surface area (Å²) >= 11 is 0. The van der Waals surface area contributed by atoms with E-state index in [1.165, 1.54) is 0 Å². The maximum absolute atomic E-state index is 12.3. The van der Waals surface area contributed by atoms with Crippen LogP contribution in [0.4, 0.5) is 5.69 Å². The smallest absolute Gasteiger partial charge is 0.326 e. The summed E-state index contributed by atoms with van der Waals surface area (Å²) in [5.41, 5.74) is 0.733. The van der Waals surface area contributed by atoms with Crippen LogP contribution in [0.2, 0.25) is 0 Å². The van der Waals surface area contributed by atoms with E-state index >= 15 is 0 Å². The van der Waals surface area contributed by atoms with Crippen molar-refractivity contribution in [2.75, 3.05) is 18.1 Å². The summed E-state index contributed by atoms with van der Waals surface area (Å²) in [4.78, 5) is 37.1. The summed E-state index contributed by atoms with van der Waals surface area (Å²) in [5.74, 6) is -1.49. The number of anilines is 1. The second-order valence-electron chi connectivity index (χ2n) is 7.31. The maximum Gasteiger partial charge on any atom is 0.326 e. The first kappa shape index (κ1) is 19.9. The van der Waals surface area contributed by atoms with Gasteiger partial charge in [-0.1, -0.05) is 0 Å². The van der Waals surface area contributed by atoms with Gasteiger partial charge in [-0.05, 0) is 51.5 Å². The normalized spacial score (nSPS) is 15.8. The van der Waals surface area contributed by atoms with Gasteiger partial charge in [0, 0.05) is 37.2 Å². The van der Waals surface area contributed by atoms with E-state index < -0.39 is 17.9 Å². The topological polar surface area (TPSA) is 95.9 Å². The molecule has 1 saturated heterocycles. The molecule has 1 atom stereocenters. The fraction of sp³-hybridized carbons (Fsp3) is 0.526. The molecule has 1 aliphatic heterocycles. The van der Waals surface area contributed by atoms with Gasteiger partial charge in [0.05, 0.1) is 5.60 Å². The van der Waals surface area contributed by atoms with Crippen molar-refractivity contribution in [1.82, 2.24) is 5.32 Å². The van der Waals surface area contributed by atoms with Crippen molar-refractivity contribution >= 4 is 23.5 Å². The van der Waals surface area contributed by atoms with Crippen LogP contribution in [-0.2, 0) is 14.3 Å². The maximum atomic E-state index is 12.3. The Bertz CT molecular complexity index is 664. The second kappa shape index (κ2) is 8.31. The Balaban J connectivity index is 1.96. The molecule has 7 nitrogen and oxygen atoms in total. The molecule has 0 aromatic heterocycles. The van der Waals surface area contributed by atoms with Crippen LogP contribution < -0.4 is 10.2 Å². The zero-order valence-corrected chi connectivity index (χ0v) is 15.4. The molecule has 1 heterocycles. The summed E-state index contributed by atoms with van der Waals surface area (Å²) in [6.07, 6.45) is 1.55. The number of carbonyl (C=O) groups excluding carboxylic acids is 2. The predicted molar refractivity (Wildman–Crippen MR) is 97.2 cm³/mol. The molecule has 0 bridgehead atoms. The number of nitrogens with zero attached hydrogens (tertiary/aromatic N) is 1. The molecule has 2 N–H and O–H groups in total. The molecule has 0 spiro atoms. The lowest BCUT2D eigenvalue weighted by Gasteiger charge is -2.21. The zero-order valence-electron chi connectivity index (χ0n) is 15.4. The van der Waals surface area contributed by atoms with E-state index in [2.05, 4.69) is 5.32 Å². The van der Waals surface area contributed by atoms with E-state index in [0.29, 0.717) is 18.5 Å². The van der Waals surface area contributed by atoms with Crippen LogP contribution in [-0.4, -0.2) is 47.7 Å². The highest BCUT2D eigenvalue weighted by atomic mass is 16.5. The molecule has 2 amide bonds. The van der Waals surface area contributed by atoms with Crippen LogP contribution in [0.1, 0.15) is 50.4 Å². The molecule has 0 radical (unpaired) electrons. The SMILES string of the molecule is CC(C)(C)OCCC(NC(=O)c1ccc(N2CCCC2=O)cc1)C(=O)O. The van der Waals surface area contributed by atoms with Crippen molar-refractivity contribution in [3.05, 3.63) is 29.8 Å². The fourth-order valence-electron chi connectivity index (χ4n) is 2.70. The number of rotatable bonds is 7. The number of amides is 2. The number of ether oxygens (including phenoxy) is 1. The van der Waals surface area contributed by atoms with Gasteiger partial charge >= 0.3 is 5.97 Å². The van der Waals surface area contributed by atoms with Gasteiger partial charge in [0.25, 0.3) is 5.91 Å². The molecule has 7 heteroatoms. The number of carboxylic acid groups (broad SMARTS) is 1. The number of hydrogen-bond donors (Lipinski definition) is 2. The van der Waals surface area contributed by atoms with E-state index in [1.54, 1.807) is 29.2 Å². The number of benzene rings is 1. The minimum Gasteiger partial charge on any atom is -0.480 e. The third-order valence-electron chi connectivity index (χ3n) is 4.06. The quantitative estimate of drug-likeness (QED) is 0.775. The average Bonchev–Trinajstić information content (AvgIpc) is 2.98. The predicted octanol–water partition coefficient (Wildman–Crippen LogP) is 2.20. The van der Waals surface area contributed by atoms with Crippen molar-refractivity contribution in [3.8, 4) is 0 Å². The molecule has 1 fully saturated rings. The van der Waals surface area contributed by atoms with E-state index in [-0.39, 0.29) is 24.5 Å². The van der Waals surface area contributed by atoms with Gasteiger partial charge in [-0.15, -0.1) is 0 Å². The first-order valence-corrected chi connectivity index (χ1v) is 8.75. The highest BCUT2D eigenvalue weighted by molar-refractivity contribution is 5.98. The molecule has 142 valence electrons. The van der Waals surface area contributed by atoms with Gasteiger partial charge in [-0.2, -0.15) is 0 Å². The molecule has 0 saturated carbocycles. The van der Waals surface area contributed by atoms with Crippen molar-refractivity contribution in [2.24, 2.45) is 0 Å². The number of aliphatic carboxylic acids is 1. The summed E-state index contributed by atoms with van der Waals surface area (Å²) in [5, 5.41) is 11.8. The largest absolute Gasteiger partial charge is 0.480 e. The summed E-state index contributed by atoms with van der Waals surface area (Å²) in [6, 6.07) is 5.58. The number of carboxylic acids is 1. The van der Waals surface area contributed by atoms with E-state index in [9.17, 15) is 19.5 Å². The third-order valence-corrected chi connectivity index (χ3v) is 4.06. The van der Waals surface area contributed by atoms with Crippen LogP contribution in [0.3, 0.4) is 0 Å². The number of carbonyl (C=O) groups is 3. The molecule has 2 rings (SSSR count). The van der Waals surface area contributed by atoms with Gasteiger partial charge < -0.3 is 20.1 Å². The summed E-state index contributed by atoms with van der Waals surface area (Å²) < 4.78 is 5.53. The first-order chi connectivity index (χ1) is 12.2. The second-order valence-corrected chi connectivity index (χ2v) is 7.31. The summed E-state index contributed by atoms with van der Waals surface area (Å²) in [7, 11) is 0. The van der Waals surface area contributed by atoms with Crippen LogP contribution >= 0.6 is 0 Å². The highest BCUT2D eigenvalue weighted by Crippen LogP contribution is 2.21. The van der Waals surface area contributed by atoms with Gasteiger partial charge in [-0.3, -0.25) is 9.59 Å². The van der Waals surface area contributed by atoms with E-state index in [4.69, 9.17) is 4.74 Å². The monoisotopic (exact) mass is 362 g/mol. The number of nitrogens with one attached hydrogen (secondary N) is 1. The third kappa shape index (κ3) is 5.56. The Kier molecular flexibility index (Phi) is 6.37. The van der Waals surface area contributed by atoms with Crippen molar-refractivity contribution in [2.45, 2.75) is 51.7 Å². The van der Waals surface area contributed by atoms with Crippen LogP contribution in [0.5, 0.6) is 0 Å². The lowest BCUT2D eigenvalue weighted by molar-refractivity contribution is -0.140. The van der Waals surface area contributed by atoms with Crippen LogP contribution in [0.25, 0.3) is 0 Å².